The van der Waals surface area contributed by atoms with Gasteiger partial charge in [-0.25, -0.2) is 4.39 Å². The Morgan fingerprint density at radius 3 is 2.24 bits per heavy atom. The monoisotopic (exact) mass is 451 g/mol. The summed E-state index contributed by atoms with van der Waals surface area (Å²) in [7, 11) is 0. The Bertz CT molecular complexity index is 1030. The average Bonchev–Trinajstić information content (AvgIpc) is 3.37. The van der Waals surface area contributed by atoms with E-state index in [0.29, 0.717) is 50.1 Å². The maximum absolute atomic E-state index is 13.5. The van der Waals surface area contributed by atoms with Gasteiger partial charge in [0.1, 0.15) is 11.9 Å². The molecule has 0 bridgehead atoms. The van der Waals surface area contributed by atoms with E-state index in [1.165, 1.54) is 18.2 Å². The van der Waals surface area contributed by atoms with Crippen LogP contribution in [0.1, 0.15) is 52.0 Å². The molecule has 0 spiro atoms. The van der Waals surface area contributed by atoms with Gasteiger partial charge in [-0.05, 0) is 68.9 Å². The van der Waals surface area contributed by atoms with Gasteiger partial charge >= 0.3 is 0 Å². The van der Waals surface area contributed by atoms with Gasteiger partial charge in [-0.15, -0.1) is 0 Å². The summed E-state index contributed by atoms with van der Waals surface area (Å²) in [6.07, 6.45) is 3.15. The van der Waals surface area contributed by atoms with E-state index in [-0.39, 0.29) is 23.6 Å². The summed E-state index contributed by atoms with van der Waals surface area (Å²) >= 11 is 0. The van der Waals surface area contributed by atoms with Crippen molar-refractivity contribution in [3.63, 3.8) is 0 Å². The lowest BCUT2D eigenvalue weighted by atomic mass is 9.88. The molecule has 0 radical (unpaired) electrons. The van der Waals surface area contributed by atoms with E-state index in [4.69, 9.17) is 0 Å². The second-order valence-corrected chi connectivity index (χ2v) is 8.99. The molecule has 2 saturated heterocycles. The smallest absolute Gasteiger partial charge is 0.253 e. The molecule has 4 rings (SSSR count). The molecule has 6 nitrogen and oxygen atoms in total. The first kappa shape index (κ1) is 23.0. The van der Waals surface area contributed by atoms with Crippen LogP contribution in [0.4, 0.5) is 4.39 Å². The third-order valence-electron chi connectivity index (χ3n) is 6.62. The van der Waals surface area contributed by atoms with Crippen molar-refractivity contribution in [3.8, 4) is 0 Å². The van der Waals surface area contributed by atoms with Gasteiger partial charge in [0, 0.05) is 37.3 Å². The zero-order valence-electron chi connectivity index (χ0n) is 18.9. The fourth-order valence-corrected chi connectivity index (χ4v) is 4.77. The summed E-state index contributed by atoms with van der Waals surface area (Å²) in [5, 5.41) is 3.01. The number of piperidine rings is 1. The molecular weight excluding hydrogens is 421 g/mol. The number of rotatable bonds is 5. The highest BCUT2D eigenvalue weighted by Crippen LogP contribution is 2.25. The van der Waals surface area contributed by atoms with Gasteiger partial charge in [-0.3, -0.25) is 14.4 Å². The van der Waals surface area contributed by atoms with Gasteiger partial charge in [-0.2, -0.15) is 0 Å². The van der Waals surface area contributed by atoms with Crippen LogP contribution in [0.5, 0.6) is 0 Å². The summed E-state index contributed by atoms with van der Waals surface area (Å²) in [5.41, 5.74) is 1.84. The minimum atomic E-state index is -0.623. The van der Waals surface area contributed by atoms with Crippen LogP contribution in [-0.4, -0.2) is 59.7 Å². The second kappa shape index (κ2) is 10.1. The third-order valence-corrected chi connectivity index (χ3v) is 6.62. The summed E-state index contributed by atoms with van der Waals surface area (Å²) in [4.78, 5) is 42.6. The maximum atomic E-state index is 13.5. The topological polar surface area (TPSA) is 69.7 Å². The van der Waals surface area contributed by atoms with Gasteiger partial charge in [0.05, 0.1) is 0 Å². The van der Waals surface area contributed by atoms with E-state index < -0.39 is 11.9 Å². The van der Waals surface area contributed by atoms with E-state index in [9.17, 15) is 18.8 Å². The molecular formula is C26H30FN3O3. The standard InChI is InChI=1S/C26H30FN3O3/c1-18-6-4-7-20(16-18)24(31)28-23(26(33)29-12-2-3-13-29)19-10-14-30(15-11-19)25(32)21-8-5-9-22(27)17-21/h4-9,16-17,19,23H,2-3,10-15H2,1H3,(H,28,31)/t23-/m1/s1. The number of nitrogens with zero attached hydrogens (tertiary/aromatic N) is 2. The fraction of sp³-hybridized carbons (Fsp3) is 0.423. The molecule has 1 N–H and O–H groups in total. The molecule has 2 aromatic carbocycles. The van der Waals surface area contributed by atoms with Crippen molar-refractivity contribution >= 4 is 17.7 Å². The molecule has 0 aromatic heterocycles. The first-order chi connectivity index (χ1) is 15.9. The lowest BCUT2D eigenvalue weighted by Gasteiger charge is -2.37. The molecule has 2 aliphatic heterocycles. The van der Waals surface area contributed by atoms with E-state index >= 15 is 0 Å². The minimum Gasteiger partial charge on any atom is -0.341 e. The molecule has 1 atom stereocenters. The second-order valence-electron chi connectivity index (χ2n) is 8.99. The highest BCUT2D eigenvalue weighted by atomic mass is 19.1. The fourth-order valence-electron chi connectivity index (χ4n) is 4.77. The highest BCUT2D eigenvalue weighted by Gasteiger charge is 2.37. The molecule has 33 heavy (non-hydrogen) atoms. The van der Waals surface area contributed by atoms with Crippen molar-refractivity contribution in [3.05, 3.63) is 71.0 Å². The zero-order chi connectivity index (χ0) is 23.4. The normalized spacial score (nSPS) is 17.6. The van der Waals surface area contributed by atoms with Crippen molar-refractivity contribution < 1.29 is 18.8 Å². The van der Waals surface area contributed by atoms with Crippen molar-refractivity contribution in [2.45, 2.75) is 38.6 Å². The number of nitrogens with one attached hydrogen (secondary N) is 1. The van der Waals surface area contributed by atoms with Crippen LogP contribution in [0.25, 0.3) is 0 Å². The quantitative estimate of drug-likeness (QED) is 0.758. The molecule has 2 aromatic rings. The summed E-state index contributed by atoms with van der Waals surface area (Å²) < 4.78 is 13.5. The van der Waals surface area contributed by atoms with E-state index in [1.807, 2.05) is 30.0 Å². The van der Waals surface area contributed by atoms with Crippen LogP contribution in [0.3, 0.4) is 0 Å². The Labute approximate surface area is 193 Å². The van der Waals surface area contributed by atoms with E-state index in [1.54, 1.807) is 17.0 Å². The summed E-state index contributed by atoms with van der Waals surface area (Å²) in [5.74, 6) is -1.01. The van der Waals surface area contributed by atoms with Gasteiger partial charge in [0.2, 0.25) is 5.91 Å². The predicted molar refractivity (Wildman–Crippen MR) is 123 cm³/mol. The van der Waals surface area contributed by atoms with Crippen LogP contribution in [0, 0.1) is 18.7 Å². The van der Waals surface area contributed by atoms with Crippen molar-refractivity contribution in [1.82, 2.24) is 15.1 Å². The molecule has 0 saturated carbocycles. The summed E-state index contributed by atoms with van der Waals surface area (Å²) in [6, 6.07) is 12.4. The molecule has 2 fully saturated rings. The van der Waals surface area contributed by atoms with Gasteiger partial charge in [0.25, 0.3) is 11.8 Å². The van der Waals surface area contributed by atoms with Crippen molar-refractivity contribution in [1.29, 1.82) is 0 Å². The molecule has 174 valence electrons. The number of carbonyl (C=O) groups is 3. The number of likely N-dealkylation sites (tertiary alicyclic amines) is 2. The van der Waals surface area contributed by atoms with Crippen LogP contribution in [0.2, 0.25) is 0 Å². The molecule has 0 aliphatic carbocycles. The van der Waals surface area contributed by atoms with E-state index in [2.05, 4.69) is 5.32 Å². The Morgan fingerprint density at radius 1 is 0.909 bits per heavy atom. The largest absolute Gasteiger partial charge is 0.341 e. The number of aryl methyl sites for hydroxylation is 1. The Kier molecular flexibility index (Phi) is 7.06. The average molecular weight is 452 g/mol. The Morgan fingerprint density at radius 2 is 1.58 bits per heavy atom. The number of benzene rings is 2. The molecule has 3 amide bonds. The van der Waals surface area contributed by atoms with Crippen LogP contribution in [-0.2, 0) is 4.79 Å². The number of hydrogen-bond acceptors (Lipinski definition) is 3. The Balaban J connectivity index is 1.46. The van der Waals surface area contributed by atoms with E-state index in [0.717, 1.165) is 18.4 Å². The van der Waals surface area contributed by atoms with Gasteiger partial charge < -0.3 is 15.1 Å². The van der Waals surface area contributed by atoms with Crippen molar-refractivity contribution in [2.75, 3.05) is 26.2 Å². The minimum absolute atomic E-state index is 0.0385. The first-order valence-corrected chi connectivity index (χ1v) is 11.6. The Hall–Kier alpha value is -3.22. The lowest BCUT2D eigenvalue weighted by molar-refractivity contribution is -0.134. The number of amides is 3. The number of halogens is 1. The maximum Gasteiger partial charge on any atom is 0.253 e. The zero-order valence-corrected chi connectivity index (χ0v) is 18.9. The predicted octanol–water partition coefficient (Wildman–Crippen LogP) is 3.41. The molecule has 0 unspecified atom stereocenters. The third kappa shape index (κ3) is 5.41. The first-order valence-electron chi connectivity index (χ1n) is 11.6. The molecule has 7 heteroatoms. The molecule has 2 aliphatic rings. The van der Waals surface area contributed by atoms with Crippen LogP contribution < -0.4 is 5.32 Å². The number of carbonyl (C=O) groups excluding carboxylic acids is 3. The number of hydrogen-bond donors (Lipinski definition) is 1. The van der Waals surface area contributed by atoms with Crippen LogP contribution in [0.15, 0.2) is 48.5 Å². The lowest BCUT2D eigenvalue weighted by Crippen LogP contribution is -2.54. The SMILES string of the molecule is Cc1cccc(C(=O)N[C@@H](C(=O)N2CCCC2)C2CCN(C(=O)c3cccc(F)c3)CC2)c1. The summed E-state index contributed by atoms with van der Waals surface area (Å²) in [6.45, 7) is 4.28. The molecule has 2 heterocycles. The van der Waals surface area contributed by atoms with Gasteiger partial charge in [-0.1, -0.05) is 23.8 Å². The highest BCUT2D eigenvalue weighted by molar-refractivity contribution is 5.98. The van der Waals surface area contributed by atoms with Gasteiger partial charge in [0.15, 0.2) is 0 Å². The van der Waals surface area contributed by atoms with Crippen LogP contribution >= 0.6 is 0 Å². The van der Waals surface area contributed by atoms with Crippen molar-refractivity contribution in [2.24, 2.45) is 5.92 Å².